The maximum Gasteiger partial charge on any atom is 0.128 e. The molecule has 2 nitrogen and oxygen atoms in total. The minimum absolute atomic E-state index is 0.148. The molecule has 2 N–H and O–H groups in total. The van der Waals surface area contributed by atoms with Crippen molar-refractivity contribution in [1.82, 2.24) is 0 Å². The van der Waals surface area contributed by atoms with Crippen LogP contribution in [0.2, 0.25) is 0 Å². The SMILES string of the molecule is Oc1c2c(c3ccccc3c1-c1c(O)c3c(c4ccccc14)-c1ccccc1[C@@H]3c1ccccc1)-c1ccccc1[C@H]2c1ccccc1. The second kappa shape index (κ2) is 10.2. The molecule has 0 spiro atoms. The lowest BCUT2D eigenvalue weighted by Crippen LogP contribution is -2.02. The summed E-state index contributed by atoms with van der Waals surface area (Å²) in [6, 6.07) is 54.7. The van der Waals surface area contributed by atoms with E-state index in [-0.39, 0.29) is 23.3 Å². The smallest absolute Gasteiger partial charge is 0.128 e. The van der Waals surface area contributed by atoms with E-state index in [1.165, 1.54) is 11.1 Å². The van der Waals surface area contributed by atoms with Gasteiger partial charge in [-0.1, -0.05) is 158 Å². The van der Waals surface area contributed by atoms with Gasteiger partial charge in [0.2, 0.25) is 0 Å². The van der Waals surface area contributed by atoms with Crippen molar-refractivity contribution in [2.45, 2.75) is 11.8 Å². The van der Waals surface area contributed by atoms with Crippen molar-refractivity contribution in [3.05, 3.63) is 191 Å². The molecule has 0 amide bonds. The second-order valence-electron chi connectivity index (χ2n) is 13.0. The van der Waals surface area contributed by atoms with Gasteiger partial charge in [-0.3, -0.25) is 0 Å². The van der Waals surface area contributed by atoms with E-state index in [2.05, 4.69) is 133 Å². The predicted octanol–water partition coefficient (Wildman–Crippen LogP) is 11.4. The van der Waals surface area contributed by atoms with E-state index in [0.717, 1.165) is 66.1 Å². The molecule has 0 bridgehead atoms. The van der Waals surface area contributed by atoms with Crippen molar-refractivity contribution in [2.75, 3.05) is 0 Å². The predicted molar refractivity (Wildman–Crippen MR) is 196 cm³/mol. The molecule has 0 aliphatic heterocycles. The summed E-state index contributed by atoms with van der Waals surface area (Å²) in [6.45, 7) is 0. The molecule has 8 aromatic carbocycles. The lowest BCUT2D eigenvalue weighted by atomic mass is 9.81. The Kier molecular flexibility index (Phi) is 5.74. The van der Waals surface area contributed by atoms with Crippen molar-refractivity contribution < 1.29 is 10.2 Å². The van der Waals surface area contributed by atoms with Crippen LogP contribution in [0.3, 0.4) is 0 Å². The van der Waals surface area contributed by atoms with Gasteiger partial charge in [0.1, 0.15) is 11.5 Å². The number of phenols is 2. The number of fused-ring (bicyclic) bond motifs is 10. The van der Waals surface area contributed by atoms with Gasteiger partial charge in [0.15, 0.2) is 0 Å². The lowest BCUT2D eigenvalue weighted by molar-refractivity contribution is 0.463. The molecule has 0 saturated heterocycles. The molecule has 8 aromatic rings. The monoisotopic (exact) mass is 614 g/mol. The number of hydrogen-bond acceptors (Lipinski definition) is 2. The first-order chi connectivity index (χ1) is 23.7. The highest BCUT2D eigenvalue weighted by Gasteiger charge is 2.39. The quantitative estimate of drug-likeness (QED) is 0.208. The molecule has 226 valence electrons. The van der Waals surface area contributed by atoms with Crippen molar-refractivity contribution >= 4 is 21.5 Å². The summed E-state index contributed by atoms with van der Waals surface area (Å²) in [5, 5.41) is 29.7. The van der Waals surface area contributed by atoms with Gasteiger partial charge < -0.3 is 10.2 Å². The summed E-state index contributed by atoms with van der Waals surface area (Å²) in [5.41, 5.74) is 12.2. The Balaban J connectivity index is 1.37. The summed E-state index contributed by atoms with van der Waals surface area (Å²) in [6.07, 6.45) is 0. The molecule has 0 unspecified atom stereocenters. The number of benzene rings is 8. The number of phenolic OH excluding ortho intramolecular Hbond substituents is 2. The third-order valence-corrected chi connectivity index (χ3v) is 10.6. The Morgan fingerprint density at radius 1 is 0.312 bits per heavy atom. The topological polar surface area (TPSA) is 40.5 Å². The van der Waals surface area contributed by atoms with Gasteiger partial charge in [-0.05, 0) is 66.1 Å². The first-order valence-electron chi connectivity index (χ1n) is 16.6. The summed E-state index contributed by atoms with van der Waals surface area (Å²) in [7, 11) is 0. The summed E-state index contributed by atoms with van der Waals surface area (Å²) in [4.78, 5) is 0. The molecule has 2 atom stereocenters. The van der Waals surface area contributed by atoms with Crippen LogP contribution < -0.4 is 0 Å². The van der Waals surface area contributed by atoms with E-state index in [4.69, 9.17) is 0 Å². The standard InChI is InChI=1S/C46H30O2/c47-45-41(35-25-13-11-23-33(35)39-31-21-9-7-19-29(31)37(43(39)45)27-15-3-1-4-16-27)42-36-26-14-12-24-34(36)40-32-22-10-8-20-30(32)38(44(40)46(42)48)28-17-5-2-6-18-28/h1-26,37-38,47-48H/t37-,38+. The molecular formula is C46H30O2. The molecule has 0 aromatic heterocycles. The number of aromatic hydroxyl groups is 2. The van der Waals surface area contributed by atoms with Crippen LogP contribution in [0.1, 0.15) is 45.2 Å². The Labute approximate surface area is 278 Å². The van der Waals surface area contributed by atoms with Gasteiger partial charge in [0.05, 0.1) is 0 Å². The highest BCUT2D eigenvalue weighted by Crippen LogP contribution is 2.62. The zero-order chi connectivity index (χ0) is 31.9. The normalized spacial score (nSPS) is 15.7. The van der Waals surface area contributed by atoms with Gasteiger partial charge in [-0.2, -0.15) is 0 Å². The van der Waals surface area contributed by atoms with E-state index in [1.54, 1.807) is 0 Å². The number of hydrogen-bond donors (Lipinski definition) is 2. The van der Waals surface area contributed by atoms with Crippen LogP contribution in [0.25, 0.3) is 54.9 Å². The molecule has 0 radical (unpaired) electrons. The molecule has 2 aliphatic rings. The van der Waals surface area contributed by atoms with Gasteiger partial charge in [-0.15, -0.1) is 0 Å². The van der Waals surface area contributed by atoms with E-state index in [0.29, 0.717) is 11.1 Å². The summed E-state index contributed by atoms with van der Waals surface area (Å²) in [5.74, 6) is 0.150. The first-order valence-corrected chi connectivity index (χ1v) is 16.6. The second-order valence-corrected chi connectivity index (χ2v) is 13.0. The molecule has 0 fully saturated rings. The van der Waals surface area contributed by atoms with Crippen LogP contribution in [0.4, 0.5) is 0 Å². The highest BCUT2D eigenvalue weighted by molar-refractivity contribution is 6.19. The third kappa shape index (κ3) is 3.57. The average molecular weight is 615 g/mol. The summed E-state index contributed by atoms with van der Waals surface area (Å²) < 4.78 is 0. The fourth-order valence-corrected chi connectivity index (χ4v) is 8.79. The van der Waals surface area contributed by atoms with E-state index in [9.17, 15) is 10.2 Å². The maximum atomic E-state index is 12.8. The largest absolute Gasteiger partial charge is 0.507 e. The maximum absolute atomic E-state index is 12.8. The molecule has 2 heteroatoms. The zero-order valence-electron chi connectivity index (χ0n) is 26.1. The average Bonchev–Trinajstić information content (AvgIpc) is 3.68. The zero-order valence-corrected chi connectivity index (χ0v) is 26.1. The van der Waals surface area contributed by atoms with Gasteiger partial charge in [0, 0.05) is 34.1 Å². The van der Waals surface area contributed by atoms with Crippen LogP contribution in [0, 0.1) is 0 Å². The van der Waals surface area contributed by atoms with Crippen molar-refractivity contribution in [3.63, 3.8) is 0 Å². The fourth-order valence-electron chi connectivity index (χ4n) is 8.79. The molecule has 0 heterocycles. The molecule has 2 aliphatic carbocycles. The van der Waals surface area contributed by atoms with Gasteiger partial charge >= 0.3 is 0 Å². The first kappa shape index (κ1) is 27.0. The van der Waals surface area contributed by atoms with Crippen LogP contribution in [0.5, 0.6) is 11.5 Å². The molecule has 10 rings (SSSR count). The molecular weight excluding hydrogens is 585 g/mol. The Hall–Kier alpha value is -6.12. The Morgan fingerprint density at radius 2 is 0.625 bits per heavy atom. The van der Waals surface area contributed by atoms with Gasteiger partial charge in [-0.25, -0.2) is 0 Å². The lowest BCUT2D eigenvalue weighted by Gasteiger charge is -2.23. The van der Waals surface area contributed by atoms with Crippen LogP contribution in [0.15, 0.2) is 158 Å². The summed E-state index contributed by atoms with van der Waals surface area (Å²) >= 11 is 0. The van der Waals surface area contributed by atoms with E-state index >= 15 is 0 Å². The third-order valence-electron chi connectivity index (χ3n) is 10.6. The minimum atomic E-state index is -0.148. The highest BCUT2D eigenvalue weighted by atomic mass is 16.3. The van der Waals surface area contributed by atoms with Crippen molar-refractivity contribution in [2.24, 2.45) is 0 Å². The van der Waals surface area contributed by atoms with Crippen LogP contribution >= 0.6 is 0 Å². The van der Waals surface area contributed by atoms with E-state index < -0.39 is 0 Å². The van der Waals surface area contributed by atoms with E-state index in [1.807, 2.05) is 24.3 Å². The van der Waals surface area contributed by atoms with Crippen molar-refractivity contribution in [1.29, 1.82) is 0 Å². The Morgan fingerprint density at radius 3 is 1.02 bits per heavy atom. The minimum Gasteiger partial charge on any atom is -0.507 e. The molecule has 0 saturated carbocycles. The van der Waals surface area contributed by atoms with Crippen LogP contribution in [-0.2, 0) is 0 Å². The number of rotatable bonds is 3. The van der Waals surface area contributed by atoms with Crippen LogP contribution in [-0.4, -0.2) is 10.2 Å². The Bertz CT molecular complexity index is 2400. The fraction of sp³-hybridized carbons (Fsp3) is 0.0435. The molecule has 48 heavy (non-hydrogen) atoms. The van der Waals surface area contributed by atoms with Crippen molar-refractivity contribution in [3.8, 4) is 44.9 Å². The van der Waals surface area contributed by atoms with Gasteiger partial charge in [0.25, 0.3) is 0 Å².